The third-order valence-corrected chi connectivity index (χ3v) is 9.46. The van der Waals surface area contributed by atoms with Gasteiger partial charge >= 0.3 is 0 Å². The molecule has 0 aliphatic rings. The van der Waals surface area contributed by atoms with Gasteiger partial charge in [-0.1, -0.05) is 72.8 Å². The van der Waals surface area contributed by atoms with Crippen molar-refractivity contribution >= 4 is 52.3 Å². The van der Waals surface area contributed by atoms with Crippen LogP contribution in [0.5, 0.6) is 11.5 Å². The highest BCUT2D eigenvalue weighted by Gasteiger charge is 2.27. The Morgan fingerprint density at radius 1 is 0.607 bits per heavy atom. The zero-order valence-corrected chi connectivity index (χ0v) is 33.1. The van der Waals surface area contributed by atoms with E-state index in [1.807, 2.05) is 24.3 Å². The molecule has 61 heavy (non-hydrogen) atoms. The minimum Gasteiger partial charge on any atom is -0.508 e. The summed E-state index contributed by atoms with van der Waals surface area (Å²) in [5.41, 5.74) is 13.4. The summed E-state index contributed by atoms with van der Waals surface area (Å²) in [5.74, 6) is -5.38. The third-order valence-electron chi connectivity index (χ3n) is 9.46. The van der Waals surface area contributed by atoms with E-state index in [0.717, 1.165) is 10.9 Å². The average molecular weight is 834 g/mol. The monoisotopic (exact) mass is 833 g/mol. The number of nitrogens with two attached hydrogens (primary N) is 1. The number of aromatic hydroxyl groups is 2. The van der Waals surface area contributed by atoms with Gasteiger partial charge in [-0.05, 0) is 60.4 Å². The van der Waals surface area contributed by atoms with Crippen molar-refractivity contribution in [3.63, 3.8) is 0 Å². The van der Waals surface area contributed by atoms with E-state index in [2.05, 4.69) is 42.4 Å². The molecule has 18 heteroatoms. The van der Waals surface area contributed by atoms with E-state index in [1.54, 1.807) is 54.7 Å². The number of carbonyl (C=O) groups excluding carboxylic acids is 7. The maximum Gasteiger partial charge on any atom is 0.261 e. The van der Waals surface area contributed by atoms with Gasteiger partial charge in [0.15, 0.2) is 0 Å². The number of rotatable bonds is 18. The molecule has 18 nitrogen and oxygen atoms in total. The van der Waals surface area contributed by atoms with Crippen LogP contribution in [0.1, 0.15) is 34.0 Å². The Morgan fingerprint density at radius 2 is 1.18 bits per heavy atom. The van der Waals surface area contributed by atoms with Crippen LogP contribution in [0.15, 0.2) is 109 Å². The van der Waals surface area contributed by atoms with Gasteiger partial charge in [0.2, 0.25) is 23.6 Å². The lowest BCUT2D eigenvalue weighted by atomic mass is 10.0. The first kappa shape index (κ1) is 44.4. The summed E-state index contributed by atoms with van der Waals surface area (Å²) in [6, 6.07) is 23.4. The van der Waals surface area contributed by atoms with Gasteiger partial charge in [0.25, 0.3) is 17.7 Å². The number of amides is 7. The summed E-state index contributed by atoms with van der Waals surface area (Å²) in [7, 11) is 0. The lowest BCUT2D eigenvalue weighted by Crippen LogP contribution is -2.58. The Balaban J connectivity index is 1.19. The van der Waals surface area contributed by atoms with Gasteiger partial charge in [-0.2, -0.15) is 0 Å². The van der Waals surface area contributed by atoms with Crippen LogP contribution < -0.4 is 43.2 Å². The van der Waals surface area contributed by atoms with Crippen LogP contribution in [0.25, 0.3) is 10.9 Å². The molecule has 5 aromatic rings. The zero-order chi connectivity index (χ0) is 43.9. The fraction of sp³-hybridized carbons (Fsp3) is 0.233. The van der Waals surface area contributed by atoms with E-state index >= 15 is 0 Å². The average Bonchev–Trinajstić information content (AvgIpc) is 3.66. The van der Waals surface area contributed by atoms with Crippen molar-refractivity contribution in [3.8, 4) is 11.5 Å². The van der Waals surface area contributed by atoms with Gasteiger partial charge in [0.1, 0.15) is 29.6 Å². The van der Waals surface area contributed by atoms with E-state index in [4.69, 9.17) is 5.73 Å². The second kappa shape index (κ2) is 21.3. The summed E-state index contributed by atoms with van der Waals surface area (Å²) in [4.78, 5) is 94.6. The normalized spacial score (nSPS) is 12.8. The molecule has 0 unspecified atom stereocenters. The van der Waals surface area contributed by atoms with Crippen LogP contribution >= 0.6 is 0 Å². The van der Waals surface area contributed by atoms with Crippen molar-refractivity contribution in [1.29, 1.82) is 0 Å². The van der Waals surface area contributed by atoms with Crippen molar-refractivity contribution in [1.82, 2.24) is 42.4 Å². The molecular weight excluding hydrogens is 787 g/mol. The number of H-pyrrole nitrogens is 1. The van der Waals surface area contributed by atoms with Crippen molar-refractivity contribution in [2.24, 2.45) is 5.73 Å². The zero-order valence-electron chi connectivity index (χ0n) is 33.1. The molecule has 318 valence electrons. The number of nitrogens with one attached hydrogen (secondary N) is 8. The number of hydrogen-bond acceptors (Lipinski definition) is 10. The molecule has 1 aromatic heterocycles. The highest BCUT2D eigenvalue weighted by molar-refractivity contribution is 5.99. The van der Waals surface area contributed by atoms with Gasteiger partial charge in [-0.3, -0.25) is 44.4 Å². The molecule has 7 amide bonds. The number of carbonyl (C=O) groups is 7. The SMILES string of the molecule is C[C@@H](NC(=O)[C@@H](N)Cc1ccc(O)cc1)C(=O)NCC(=O)N[C@@H](Cc1ccccc1)C(=O)NNC(=O)[C@H](Cc1c[nH]c2ccccc12)NC(=O)CNC(=O)c1ccccc1O. The van der Waals surface area contributed by atoms with Gasteiger partial charge < -0.3 is 47.5 Å². The van der Waals surface area contributed by atoms with Crippen LogP contribution in [0, 0.1) is 0 Å². The maximum atomic E-state index is 13.7. The van der Waals surface area contributed by atoms with Crippen LogP contribution in [-0.2, 0) is 48.0 Å². The van der Waals surface area contributed by atoms with Crippen molar-refractivity contribution in [2.45, 2.75) is 50.4 Å². The van der Waals surface area contributed by atoms with Gasteiger partial charge in [0.05, 0.1) is 24.7 Å². The molecule has 0 aliphatic carbocycles. The molecule has 0 aliphatic heterocycles. The molecule has 12 N–H and O–H groups in total. The van der Waals surface area contributed by atoms with Crippen LogP contribution in [-0.4, -0.2) is 93.8 Å². The number of aromatic nitrogens is 1. The molecule has 0 bridgehead atoms. The molecule has 4 atom stereocenters. The number of benzene rings is 4. The fourth-order valence-corrected chi connectivity index (χ4v) is 6.18. The van der Waals surface area contributed by atoms with E-state index < -0.39 is 78.6 Å². The Hall–Kier alpha value is -7.73. The Morgan fingerprint density at radius 3 is 1.85 bits per heavy atom. The molecule has 0 spiro atoms. The van der Waals surface area contributed by atoms with Crippen LogP contribution in [0.2, 0.25) is 0 Å². The minimum atomic E-state index is -1.27. The van der Waals surface area contributed by atoms with Crippen molar-refractivity contribution < 1.29 is 43.8 Å². The summed E-state index contributed by atoms with van der Waals surface area (Å²) in [6.07, 6.45) is 1.79. The number of phenols is 2. The molecular formula is C43H47N9O9. The first-order chi connectivity index (χ1) is 29.3. The Kier molecular flexibility index (Phi) is 15.5. The first-order valence-corrected chi connectivity index (χ1v) is 19.2. The summed E-state index contributed by atoms with van der Waals surface area (Å²) < 4.78 is 0. The maximum absolute atomic E-state index is 13.7. The second-order valence-corrected chi connectivity index (χ2v) is 14.1. The van der Waals surface area contributed by atoms with E-state index in [1.165, 1.54) is 37.3 Å². The quantitative estimate of drug-likeness (QED) is 0.0530. The predicted molar refractivity (Wildman–Crippen MR) is 223 cm³/mol. The number of fused-ring (bicyclic) bond motifs is 1. The number of phenolic OH excluding ortho intramolecular Hbond substituents is 2. The molecule has 0 fully saturated rings. The molecule has 0 saturated carbocycles. The highest BCUT2D eigenvalue weighted by atomic mass is 16.3. The van der Waals surface area contributed by atoms with Gasteiger partial charge in [0, 0.05) is 29.9 Å². The largest absolute Gasteiger partial charge is 0.508 e. The number of hydrazine groups is 1. The predicted octanol–water partition coefficient (Wildman–Crippen LogP) is 0.102. The Labute approximate surface area is 350 Å². The molecule has 5 rings (SSSR count). The van der Waals surface area contributed by atoms with Gasteiger partial charge in [-0.25, -0.2) is 0 Å². The van der Waals surface area contributed by atoms with Crippen LogP contribution in [0.4, 0.5) is 0 Å². The minimum absolute atomic E-state index is 0.0141. The number of aromatic amines is 1. The smallest absolute Gasteiger partial charge is 0.261 e. The summed E-state index contributed by atoms with van der Waals surface area (Å²) >= 11 is 0. The van der Waals surface area contributed by atoms with Gasteiger partial charge in [-0.15, -0.1) is 0 Å². The molecule has 0 saturated heterocycles. The van der Waals surface area contributed by atoms with Crippen molar-refractivity contribution in [2.75, 3.05) is 13.1 Å². The summed E-state index contributed by atoms with van der Waals surface area (Å²) in [6.45, 7) is 0.300. The number of para-hydroxylation sites is 2. The molecule has 0 radical (unpaired) electrons. The summed E-state index contributed by atoms with van der Waals surface area (Å²) in [5, 5.41) is 32.7. The molecule has 1 heterocycles. The first-order valence-electron chi connectivity index (χ1n) is 19.2. The van der Waals surface area contributed by atoms with Crippen LogP contribution in [0.3, 0.4) is 0 Å². The third kappa shape index (κ3) is 13.1. The fourth-order valence-electron chi connectivity index (χ4n) is 6.18. The van der Waals surface area contributed by atoms with Crippen molar-refractivity contribution in [3.05, 3.63) is 132 Å². The highest BCUT2D eigenvalue weighted by Crippen LogP contribution is 2.19. The lowest BCUT2D eigenvalue weighted by Gasteiger charge is -2.22. The standard InChI is InChI=1S/C43H47N9O9/c1-25(48-41(59)32(44)19-27-15-17-29(53)18-16-27)39(57)46-23-37(55)49-34(20-26-9-3-2-4-10-26)42(60)51-52-43(61)35(21-28-22-45-33-13-7-5-11-30(28)33)50-38(56)24-47-40(58)31-12-6-8-14-36(31)54/h2-18,22,25,32,34-35,45,53-54H,19-21,23-24,44H2,1H3,(H,46,57)(H,47,58)(H,48,59)(H,49,55)(H,50,56)(H,51,60)(H,52,61)/t25-,32+,34+,35+/m1/s1. The van der Waals surface area contributed by atoms with E-state index in [9.17, 15) is 43.8 Å². The number of hydrogen-bond donors (Lipinski definition) is 11. The Bertz CT molecular complexity index is 2350. The lowest BCUT2D eigenvalue weighted by molar-refractivity contribution is -0.134. The topological polar surface area (TPSA) is 286 Å². The van der Waals surface area contributed by atoms with E-state index in [-0.39, 0.29) is 36.3 Å². The van der Waals surface area contributed by atoms with E-state index in [0.29, 0.717) is 16.7 Å². The second-order valence-electron chi connectivity index (χ2n) is 14.1. The molecule has 4 aromatic carbocycles.